The zero-order chi connectivity index (χ0) is 13.8. The number of ether oxygens (including phenoxy) is 1. The van der Waals surface area contributed by atoms with Crippen LogP contribution < -0.4 is 5.32 Å². The van der Waals surface area contributed by atoms with E-state index in [2.05, 4.69) is 20.0 Å². The van der Waals surface area contributed by atoms with Crippen molar-refractivity contribution in [2.45, 2.75) is 32.7 Å². The van der Waals surface area contributed by atoms with E-state index < -0.39 is 11.5 Å². The van der Waals surface area contributed by atoms with E-state index in [1.54, 1.807) is 13.0 Å². The molecule has 0 bridgehead atoms. The zero-order valence-corrected chi connectivity index (χ0v) is 11.1. The van der Waals surface area contributed by atoms with Crippen LogP contribution in [0.1, 0.15) is 36.6 Å². The van der Waals surface area contributed by atoms with Gasteiger partial charge in [-0.15, -0.1) is 0 Å². The average Bonchev–Trinajstić information content (AvgIpc) is 2.36. The van der Waals surface area contributed by atoms with Crippen molar-refractivity contribution >= 4 is 11.8 Å². The summed E-state index contributed by atoms with van der Waals surface area (Å²) in [6.07, 6.45) is 0.722. The molecule has 1 rings (SSSR count). The zero-order valence-electron chi connectivity index (χ0n) is 11.1. The maximum Gasteiger partial charge on any atom is 0.376 e. The third-order valence-electron chi connectivity index (χ3n) is 2.78. The molecule has 0 amide bonds. The summed E-state index contributed by atoms with van der Waals surface area (Å²) >= 11 is 0. The molecule has 0 saturated carbocycles. The maximum atomic E-state index is 11.4. The van der Waals surface area contributed by atoms with Crippen molar-refractivity contribution < 1.29 is 14.6 Å². The minimum absolute atomic E-state index is 0.0105. The van der Waals surface area contributed by atoms with Gasteiger partial charge >= 0.3 is 5.97 Å². The summed E-state index contributed by atoms with van der Waals surface area (Å²) in [4.78, 5) is 19.5. The van der Waals surface area contributed by atoms with Gasteiger partial charge in [-0.2, -0.15) is 0 Å². The molecule has 1 aromatic heterocycles. The molecule has 1 unspecified atom stereocenters. The van der Waals surface area contributed by atoms with Crippen molar-refractivity contribution in [2.24, 2.45) is 0 Å². The third-order valence-corrected chi connectivity index (χ3v) is 2.78. The molecule has 0 aliphatic rings. The number of methoxy groups -OCH3 is 1. The number of anilines is 1. The highest BCUT2D eigenvalue weighted by atomic mass is 16.5. The molecule has 0 aliphatic heterocycles. The Morgan fingerprint density at radius 2 is 2.22 bits per heavy atom. The van der Waals surface area contributed by atoms with Gasteiger partial charge in [-0.3, -0.25) is 0 Å². The summed E-state index contributed by atoms with van der Waals surface area (Å²) in [7, 11) is 1.28. The number of rotatable bonds is 5. The molecule has 100 valence electrons. The van der Waals surface area contributed by atoms with Crippen molar-refractivity contribution in [1.82, 2.24) is 9.97 Å². The molecule has 0 fully saturated rings. The number of esters is 1. The van der Waals surface area contributed by atoms with E-state index in [1.165, 1.54) is 7.11 Å². The quantitative estimate of drug-likeness (QED) is 0.766. The van der Waals surface area contributed by atoms with Gasteiger partial charge in [0.2, 0.25) is 5.82 Å². The first-order chi connectivity index (χ1) is 8.44. The van der Waals surface area contributed by atoms with Gasteiger partial charge in [0, 0.05) is 11.8 Å². The first kappa shape index (κ1) is 14.4. The third kappa shape index (κ3) is 3.40. The van der Waals surface area contributed by atoms with Gasteiger partial charge in [-0.1, -0.05) is 6.92 Å². The minimum atomic E-state index is -0.580. The lowest BCUT2D eigenvalue weighted by Crippen LogP contribution is -2.38. The number of hydrogen-bond donors (Lipinski definition) is 2. The molecular weight excluding hydrogens is 234 g/mol. The molecule has 0 radical (unpaired) electrons. The van der Waals surface area contributed by atoms with Crippen LogP contribution in [-0.4, -0.2) is 40.3 Å². The number of aliphatic hydroxyl groups is 1. The molecule has 0 saturated heterocycles. The number of carbonyl (C=O) groups excluding carboxylic acids is 1. The minimum Gasteiger partial charge on any atom is -0.463 e. The molecule has 6 nitrogen and oxygen atoms in total. The Balaban J connectivity index is 3.03. The summed E-state index contributed by atoms with van der Waals surface area (Å²) in [5, 5.41) is 12.4. The van der Waals surface area contributed by atoms with Gasteiger partial charge < -0.3 is 15.2 Å². The lowest BCUT2D eigenvalue weighted by molar-refractivity contribution is 0.0586. The van der Waals surface area contributed by atoms with Crippen LogP contribution in [0.25, 0.3) is 0 Å². The van der Waals surface area contributed by atoms with Crippen LogP contribution >= 0.6 is 0 Å². The van der Waals surface area contributed by atoms with Crippen molar-refractivity contribution in [2.75, 3.05) is 19.0 Å². The van der Waals surface area contributed by atoms with Crippen LogP contribution in [0.2, 0.25) is 0 Å². The number of nitrogens with one attached hydrogen (secondary N) is 1. The van der Waals surface area contributed by atoms with E-state index in [0.717, 1.165) is 6.42 Å². The Kier molecular flexibility index (Phi) is 4.61. The van der Waals surface area contributed by atoms with Crippen molar-refractivity contribution in [3.63, 3.8) is 0 Å². The summed E-state index contributed by atoms with van der Waals surface area (Å²) < 4.78 is 4.59. The van der Waals surface area contributed by atoms with Crippen LogP contribution in [0.3, 0.4) is 0 Å². The summed E-state index contributed by atoms with van der Waals surface area (Å²) in [6.45, 7) is 5.57. The maximum absolute atomic E-state index is 11.4. The molecule has 0 aliphatic carbocycles. The molecule has 6 heteroatoms. The predicted octanol–water partition coefficient (Wildman–Crippen LogP) is 1.14. The summed E-state index contributed by atoms with van der Waals surface area (Å²) in [6, 6.07) is 1.72. The highest BCUT2D eigenvalue weighted by molar-refractivity contribution is 5.85. The number of hydrogen-bond acceptors (Lipinski definition) is 6. The van der Waals surface area contributed by atoms with Crippen molar-refractivity contribution in [3.8, 4) is 0 Å². The molecule has 18 heavy (non-hydrogen) atoms. The van der Waals surface area contributed by atoms with E-state index in [4.69, 9.17) is 0 Å². The van der Waals surface area contributed by atoms with E-state index in [-0.39, 0.29) is 12.4 Å². The van der Waals surface area contributed by atoms with Gasteiger partial charge in [0.1, 0.15) is 5.82 Å². The van der Waals surface area contributed by atoms with Crippen LogP contribution in [0.4, 0.5) is 5.82 Å². The van der Waals surface area contributed by atoms with Gasteiger partial charge in [0.15, 0.2) is 0 Å². The average molecular weight is 253 g/mol. The Morgan fingerprint density at radius 1 is 1.56 bits per heavy atom. The SMILES string of the molecule is CCC(C)(CO)Nc1cc(C)nc(C(=O)OC)n1. The molecule has 2 N–H and O–H groups in total. The predicted molar refractivity (Wildman–Crippen MR) is 67.5 cm³/mol. The van der Waals surface area contributed by atoms with Crippen LogP contribution in [-0.2, 0) is 4.74 Å². The number of aliphatic hydroxyl groups excluding tert-OH is 1. The summed E-state index contributed by atoms with van der Waals surface area (Å²) in [5.41, 5.74) is 0.179. The Hall–Kier alpha value is -1.69. The van der Waals surface area contributed by atoms with Gasteiger partial charge in [-0.05, 0) is 20.3 Å². The van der Waals surface area contributed by atoms with Crippen molar-refractivity contribution in [3.05, 3.63) is 17.6 Å². The second kappa shape index (κ2) is 5.77. The number of nitrogens with zero attached hydrogens (tertiary/aromatic N) is 2. The molecular formula is C12H19N3O3. The number of aromatic nitrogens is 2. The van der Waals surface area contributed by atoms with E-state index >= 15 is 0 Å². The second-order valence-electron chi connectivity index (χ2n) is 4.41. The monoisotopic (exact) mass is 253 g/mol. The lowest BCUT2D eigenvalue weighted by Gasteiger charge is -2.27. The number of aryl methyl sites for hydroxylation is 1. The topological polar surface area (TPSA) is 84.3 Å². The highest BCUT2D eigenvalue weighted by Gasteiger charge is 2.22. The van der Waals surface area contributed by atoms with E-state index in [1.807, 2.05) is 13.8 Å². The standard InChI is InChI=1S/C12H19N3O3/c1-5-12(3,7-16)15-9-6-8(2)13-10(14-9)11(17)18-4/h6,16H,5,7H2,1-4H3,(H,13,14,15). The molecule has 1 atom stereocenters. The van der Waals surface area contributed by atoms with Crippen LogP contribution in [0.15, 0.2) is 6.07 Å². The van der Waals surface area contributed by atoms with Crippen molar-refractivity contribution in [1.29, 1.82) is 0 Å². The van der Waals surface area contributed by atoms with E-state index in [9.17, 15) is 9.90 Å². The second-order valence-corrected chi connectivity index (χ2v) is 4.41. The largest absolute Gasteiger partial charge is 0.463 e. The molecule has 1 heterocycles. The fraction of sp³-hybridized carbons (Fsp3) is 0.583. The van der Waals surface area contributed by atoms with Gasteiger partial charge in [0.05, 0.1) is 19.3 Å². The summed E-state index contributed by atoms with van der Waals surface area (Å²) in [5.74, 6) is -0.0679. The van der Waals surface area contributed by atoms with Gasteiger partial charge in [-0.25, -0.2) is 14.8 Å². The Labute approximate surface area is 106 Å². The Bertz CT molecular complexity index is 431. The fourth-order valence-electron chi connectivity index (χ4n) is 1.36. The highest BCUT2D eigenvalue weighted by Crippen LogP contribution is 2.17. The lowest BCUT2D eigenvalue weighted by atomic mass is 10.0. The molecule has 0 spiro atoms. The molecule has 0 aromatic carbocycles. The smallest absolute Gasteiger partial charge is 0.376 e. The van der Waals surface area contributed by atoms with E-state index in [0.29, 0.717) is 11.5 Å². The van der Waals surface area contributed by atoms with Crippen LogP contribution in [0.5, 0.6) is 0 Å². The Morgan fingerprint density at radius 3 is 2.72 bits per heavy atom. The molecule has 1 aromatic rings. The first-order valence-electron chi connectivity index (χ1n) is 5.77. The fourth-order valence-corrected chi connectivity index (χ4v) is 1.36. The first-order valence-corrected chi connectivity index (χ1v) is 5.77. The van der Waals surface area contributed by atoms with Gasteiger partial charge in [0.25, 0.3) is 0 Å². The van der Waals surface area contributed by atoms with Crippen LogP contribution in [0, 0.1) is 6.92 Å². The number of carbonyl (C=O) groups is 1. The normalized spacial score (nSPS) is 13.8.